The first-order valence-corrected chi connectivity index (χ1v) is 18.0. The first kappa shape index (κ1) is 32.7. The number of hydrogen-bond donors (Lipinski definition) is 6. The van der Waals surface area contributed by atoms with Gasteiger partial charge in [-0.15, -0.1) is 4.40 Å². The van der Waals surface area contributed by atoms with Crippen molar-refractivity contribution in [1.82, 2.24) is 5.32 Å². The molecule has 0 amide bonds. The fourth-order valence-corrected chi connectivity index (χ4v) is 7.61. The Morgan fingerprint density at radius 2 is 1.67 bits per heavy atom. The van der Waals surface area contributed by atoms with Crippen LogP contribution in [-0.2, 0) is 26.9 Å². The monoisotopic (exact) mass is 652 g/mol. The van der Waals surface area contributed by atoms with Gasteiger partial charge in [-0.3, -0.25) is 23.9 Å². The number of aryl methyl sites for hydroxylation is 2. The molecule has 1 aliphatic carbocycles. The number of nitrogens with zero attached hydrogens (tertiary/aromatic N) is 1. The lowest BCUT2D eigenvalue weighted by Crippen LogP contribution is -2.54. The van der Waals surface area contributed by atoms with Crippen LogP contribution in [0.25, 0.3) is 5.76 Å². The van der Waals surface area contributed by atoms with Crippen molar-refractivity contribution in [3.63, 3.8) is 0 Å². The zero-order valence-corrected chi connectivity index (χ0v) is 27.9. The molecule has 0 saturated carbocycles. The normalized spacial score (nSPS) is 20.1. The number of amidine groups is 1. The molecule has 0 unspecified atom stereocenters. The highest BCUT2D eigenvalue weighted by atomic mass is 32.3. The van der Waals surface area contributed by atoms with E-state index < -0.39 is 32.1 Å². The average Bonchev–Trinajstić information content (AvgIpc) is 2.93. The summed E-state index contributed by atoms with van der Waals surface area (Å²) in [7, 11) is -7.53. The third kappa shape index (κ3) is 6.52. The number of nitrogens with one attached hydrogen (secondary N) is 3. The maximum atomic E-state index is 14.9. The maximum absolute atomic E-state index is 14.9. The summed E-state index contributed by atoms with van der Waals surface area (Å²) in [5, 5.41) is 18.3. The van der Waals surface area contributed by atoms with E-state index in [9.17, 15) is 27.4 Å². The molecule has 1 aliphatic heterocycles. The molecular weight excluding hydrogens is 613 g/mol. The molecule has 240 valence electrons. The number of benzene rings is 3. The van der Waals surface area contributed by atoms with Crippen LogP contribution < -0.4 is 15.4 Å². The lowest BCUT2D eigenvalue weighted by atomic mass is 9.69. The molecule has 1 heterocycles. The molecule has 0 aromatic heterocycles. The third-order valence-electron chi connectivity index (χ3n) is 8.24. The number of carbonyl (C=O) groups is 1. The molecule has 0 saturated heterocycles. The van der Waals surface area contributed by atoms with Gasteiger partial charge in [0.25, 0.3) is 0 Å². The Hall–Kier alpha value is -3.68. The van der Waals surface area contributed by atoms with Gasteiger partial charge >= 0.3 is 0 Å². The summed E-state index contributed by atoms with van der Waals surface area (Å²) in [6.45, 7) is 10.7. The highest BCUT2D eigenvalue weighted by Gasteiger charge is 2.50. The van der Waals surface area contributed by atoms with Gasteiger partial charge in [-0.25, -0.2) is 8.42 Å². The van der Waals surface area contributed by atoms with E-state index in [-0.39, 0.29) is 38.9 Å². The molecule has 0 spiro atoms. The Morgan fingerprint density at radius 1 is 1.00 bits per heavy atom. The van der Waals surface area contributed by atoms with Gasteiger partial charge in [0.1, 0.15) is 21.8 Å². The first-order chi connectivity index (χ1) is 20.9. The second-order valence-electron chi connectivity index (χ2n) is 13.0. The van der Waals surface area contributed by atoms with Gasteiger partial charge < -0.3 is 10.4 Å². The van der Waals surface area contributed by atoms with Crippen molar-refractivity contribution in [2.45, 2.75) is 64.4 Å². The number of hydrogen-bond acceptors (Lipinski definition) is 9. The number of Topliss-reactive ketones (excluding diaryl/α,β-unsaturated/α-hetero) is 1. The number of anilines is 2. The van der Waals surface area contributed by atoms with Crippen LogP contribution in [0.15, 0.2) is 75.5 Å². The van der Waals surface area contributed by atoms with Crippen LogP contribution in [0.3, 0.4) is 0 Å². The molecular formula is C33H40N4O6S2. The van der Waals surface area contributed by atoms with E-state index in [4.69, 9.17) is 0 Å². The quantitative estimate of drug-likeness (QED) is 0.153. The van der Waals surface area contributed by atoms with E-state index >= 15 is 0 Å². The van der Waals surface area contributed by atoms with E-state index in [2.05, 4.69) is 40.5 Å². The molecule has 45 heavy (non-hydrogen) atoms. The van der Waals surface area contributed by atoms with Crippen molar-refractivity contribution in [3.8, 4) is 0 Å². The predicted octanol–water partition coefficient (Wildman–Crippen LogP) is 6.89. The van der Waals surface area contributed by atoms with E-state index in [1.54, 1.807) is 12.1 Å². The smallest absolute Gasteiger partial charge is 0.229 e. The fourth-order valence-electron chi connectivity index (χ4n) is 5.87. The summed E-state index contributed by atoms with van der Waals surface area (Å²) >= 11 is 0. The van der Waals surface area contributed by atoms with Gasteiger partial charge in [0.2, 0.25) is 10.0 Å². The van der Waals surface area contributed by atoms with Gasteiger partial charge in [-0.1, -0.05) is 74.0 Å². The maximum Gasteiger partial charge on any atom is 0.229 e. The van der Waals surface area contributed by atoms with Gasteiger partial charge in [0.15, 0.2) is 11.6 Å². The van der Waals surface area contributed by atoms with Crippen molar-refractivity contribution in [1.29, 1.82) is 0 Å². The first-order valence-electron chi connectivity index (χ1n) is 14.6. The Morgan fingerprint density at radius 3 is 2.31 bits per heavy atom. The molecule has 12 heteroatoms. The second kappa shape index (κ2) is 11.6. The number of aliphatic hydroxyl groups excluding tert-OH is 1. The van der Waals surface area contributed by atoms with Crippen molar-refractivity contribution in [2.75, 3.05) is 16.3 Å². The highest BCUT2D eigenvalue weighted by molar-refractivity contribution is 8.23. The third-order valence-corrected chi connectivity index (χ3v) is 10.2. The van der Waals surface area contributed by atoms with Crippen LogP contribution in [0.2, 0.25) is 0 Å². The highest BCUT2D eigenvalue weighted by Crippen LogP contribution is 2.57. The Balaban J connectivity index is 1.65. The molecule has 1 atom stereocenters. The fraction of sp³-hybridized carbons (Fsp3) is 0.333. The average molecular weight is 653 g/mol. The van der Waals surface area contributed by atoms with Crippen molar-refractivity contribution >= 4 is 49.6 Å². The molecule has 3 aromatic carbocycles. The molecule has 10 nitrogen and oxygen atoms in total. The zero-order chi connectivity index (χ0) is 32.9. The van der Waals surface area contributed by atoms with Crippen molar-refractivity contribution < 1.29 is 27.4 Å². The summed E-state index contributed by atoms with van der Waals surface area (Å²) in [5.74, 6) is -0.956. The van der Waals surface area contributed by atoms with Crippen LogP contribution in [0.5, 0.6) is 0 Å². The number of aliphatic hydroxyl groups is 1. The van der Waals surface area contributed by atoms with E-state index in [1.165, 1.54) is 18.2 Å². The Kier molecular flexibility index (Phi) is 8.43. The van der Waals surface area contributed by atoms with Crippen molar-refractivity contribution in [2.24, 2.45) is 9.81 Å². The number of ketones is 1. The summed E-state index contributed by atoms with van der Waals surface area (Å²) in [5.41, 5.74) is 3.06. The van der Waals surface area contributed by atoms with Crippen molar-refractivity contribution in [3.05, 3.63) is 94.1 Å². The Labute approximate surface area is 266 Å². The van der Waals surface area contributed by atoms with E-state index in [0.717, 1.165) is 22.9 Å². The van der Waals surface area contributed by atoms with Gasteiger partial charge in [-0.2, -0.15) is 0 Å². The van der Waals surface area contributed by atoms with E-state index in [0.29, 0.717) is 30.5 Å². The summed E-state index contributed by atoms with van der Waals surface area (Å²) in [6, 6.07) is 17.4. The van der Waals surface area contributed by atoms with Crippen LogP contribution in [0, 0.1) is 19.3 Å². The second-order valence-corrected chi connectivity index (χ2v) is 16.4. The van der Waals surface area contributed by atoms with Crippen LogP contribution >= 0.6 is 10.8 Å². The van der Waals surface area contributed by atoms with Crippen LogP contribution in [0.4, 0.5) is 11.4 Å². The van der Waals surface area contributed by atoms with Gasteiger partial charge in [0.05, 0.1) is 17.6 Å². The largest absolute Gasteiger partial charge is 0.506 e. The lowest BCUT2D eigenvalue weighted by molar-refractivity contribution is -0.122. The number of rotatable bonds is 8. The predicted molar refractivity (Wildman–Crippen MR) is 181 cm³/mol. The Bertz CT molecular complexity index is 1840. The minimum atomic E-state index is -3.91. The lowest BCUT2D eigenvalue weighted by Gasteiger charge is -2.42. The number of carbonyl (C=O) groups excluding carboxylic acids is 1. The van der Waals surface area contributed by atoms with Gasteiger partial charge in [-0.05, 0) is 72.6 Å². The van der Waals surface area contributed by atoms with E-state index in [1.807, 2.05) is 44.2 Å². The zero-order valence-electron chi connectivity index (χ0n) is 26.2. The summed E-state index contributed by atoms with van der Waals surface area (Å²) in [4.78, 5) is 14.9. The standard InChI is InChI=1S/C33H40N4O6S2/c1-20-10-9-11-21(2)24(20)19-34-33(17-16-32(3,4)5)25-13-8-7-12-23(25)29(38)28(30(33)39)31-35-26-15-14-22(36-44(6,40)41)18-27(26)45(42,43)37-31/h7-15,18,34,36,38,42-43H,16-17,19H2,1-6H3,(H,35,37)/t33-/m0/s1. The number of fused-ring (bicyclic) bond motifs is 2. The van der Waals surface area contributed by atoms with Gasteiger partial charge in [0, 0.05) is 12.1 Å². The molecule has 6 N–H and O–H groups in total. The topological polar surface area (TPSA) is 160 Å². The van der Waals surface area contributed by atoms with Crippen LogP contribution in [-0.4, -0.2) is 40.5 Å². The molecule has 0 bridgehead atoms. The van der Waals surface area contributed by atoms with Crippen LogP contribution in [0.1, 0.15) is 61.4 Å². The molecule has 0 fully saturated rings. The number of sulfonamides is 1. The molecule has 5 rings (SSSR count). The molecule has 2 aliphatic rings. The summed E-state index contributed by atoms with van der Waals surface area (Å²) in [6.07, 6.45) is 2.05. The SMILES string of the molecule is Cc1cccc(C)c1CN[C@]1(CCC(C)(C)C)C(=O)C(C2=NS(O)(O)c3cc(NS(C)(=O)=O)ccc3N2)=C(O)c2ccccc21. The summed E-state index contributed by atoms with van der Waals surface area (Å²) < 4.78 is 52.4. The minimum Gasteiger partial charge on any atom is -0.506 e. The molecule has 0 radical (unpaired) electrons. The minimum absolute atomic E-state index is 0.0456. The molecule has 3 aromatic rings.